The van der Waals surface area contributed by atoms with E-state index < -0.39 is 0 Å². The minimum atomic E-state index is 0.119. The van der Waals surface area contributed by atoms with Crippen LogP contribution in [0.3, 0.4) is 0 Å². The SMILES string of the molecule is C1=C(c2ccc(-c3ccccc3)cc2)c2oc3cccc(-c4nc(-c5ccccc5)nc(-c5ccccc5)n4)c3c2CC1c1ccc(-c2ccccc2)cc1. The average Bonchev–Trinajstić information content (AvgIpc) is 3.66. The fraction of sp³-hybridized carbons (Fsp3) is 0.0392. The number of furan rings is 1. The summed E-state index contributed by atoms with van der Waals surface area (Å²) in [5.74, 6) is 2.90. The Hall–Kier alpha value is -7.17. The van der Waals surface area contributed by atoms with Crippen molar-refractivity contribution >= 4 is 16.5 Å². The first-order chi connectivity index (χ1) is 27.2. The Labute approximate surface area is 320 Å². The van der Waals surface area contributed by atoms with Gasteiger partial charge in [0.1, 0.15) is 11.3 Å². The van der Waals surface area contributed by atoms with Crippen molar-refractivity contribution in [3.63, 3.8) is 0 Å². The maximum atomic E-state index is 6.89. The van der Waals surface area contributed by atoms with Gasteiger partial charge in [0.25, 0.3) is 0 Å². The molecule has 4 nitrogen and oxygen atoms in total. The van der Waals surface area contributed by atoms with Gasteiger partial charge in [-0.05, 0) is 45.9 Å². The molecule has 0 bridgehead atoms. The predicted molar refractivity (Wildman–Crippen MR) is 223 cm³/mol. The van der Waals surface area contributed by atoms with E-state index in [1.54, 1.807) is 0 Å². The second-order valence-corrected chi connectivity index (χ2v) is 13.9. The van der Waals surface area contributed by atoms with E-state index in [2.05, 4.69) is 127 Å². The van der Waals surface area contributed by atoms with Crippen molar-refractivity contribution in [2.75, 3.05) is 0 Å². The second kappa shape index (κ2) is 14.0. The van der Waals surface area contributed by atoms with Crippen LogP contribution in [0.2, 0.25) is 0 Å². The molecule has 0 radical (unpaired) electrons. The third-order valence-electron chi connectivity index (χ3n) is 10.5. The quantitative estimate of drug-likeness (QED) is 0.166. The molecule has 0 N–H and O–H groups in total. The van der Waals surface area contributed by atoms with Crippen molar-refractivity contribution in [3.8, 4) is 56.4 Å². The Bertz CT molecular complexity index is 2730. The van der Waals surface area contributed by atoms with Gasteiger partial charge in [-0.3, -0.25) is 0 Å². The minimum Gasteiger partial charge on any atom is -0.456 e. The second-order valence-electron chi connectivity index (χ2n) is 13.9. The number of allylic oxidation sites excluding steroid dienone is 1. The number of rotatable bonds is 7. The van der Waals surface area contributed by atoms with E-state index in [1.807, 2.05) is 66.7 Å². The molecule has 9 aromatic rings. The summed E-state index contributed by atoms with van der Waals surface area (Å²) in [6, 6.07) is 65.4. The molecule has 1 unspecified atom stereocenters. The lowest BCUT2D eigenvalue weighted by Crippen LogP contribution is -2.09. The fourth-order valence-electron chi connectivity index (χ4n) is 7.76. The summed E-state index contributed by atoms with van der Waals surface area (Å²) < 4.78 is 6.89. The molecule has 4 heteroatoms. The van der Waals surface area contributed by atoms with Gasteiger partial charge in [-0.25, -0.2) is 15.0 Å². The van der Waals surface area contributed by atoms with Crippen LogP contribution in [0, 0.1) is 0 Å². The Kier molecular flexibility index (Phi) is 8.27. The minimum absolute atomic E-state index is 0.119. The molecule has 0 fully saturated rings. The lowest BCUT2D eigenvalue weighted by molar-refractivity contribution is 0.587. The van der Waals surface area contributed by atoms with Gasteiger partial charge in [-0.15, -0.1) is 0 Å². The Morgan fingerprint density at radius 3 is 1.40 bits per heavy atom. The van der Waals surface area contributed by atoms with Crippen molar-refractivity contribution in [3.05, 3.63) is 217 Å². The maximum absolute atomic E-state index is 6.89. The summed E-state index contributed by atoms with van der Waals surface area (Å²) >= 11 is 0. The van der Waals surface area contributed by atoms with Crippen molar-refractivity contribution in [1.82, 2.24) is 15.0 Å². The highest BCUT2D eigenvalue weighted by atomic mass is 16.3. The van der Waals surface area contributed by atoms with Crippen LogP contribution in [-0.2, 0) is 6.42 Å². The van der Waals surface area contributed by atoms with Crippen LogP contribution in [0.15, 0.2) is 199 Å². The van der Waals surface area contributed by atoms with Crippen LogP contribution >= 0.6 is 0 Å². The summed E-state index contributed by atoms with van der Waals surface area (Å²) in [7, 11) is 0. The molecule has 1 aliphatic carbocycles. The maximum Gasteiger partial charge on any atom is 0.164 e. The molecule has 0 saturated heterocycles. The third kappa shape index (κ3) is 6.24. The highest BCUT2D eigenvalue weighted by Crippen LogP contribution is 2.46. The zero-order valence-corrected chi connectivity index (χ0v) is 30.0. The van der Waals surface area contributed by atoms with Gasteiger partial charge in [0.15, 0.2) is 17.5 Å². The predicted octanol–water partition coefficient (Wildman–Crippen LogP) is 12.7. The van der Waals surface area contributed by atoms with Gasteiger partial charge in [0.2, 0.25) is 0 Å². The summed E-state index contributed by atoms with van der Waals surface area (Å²) in [5, 5.41) is 1.04. The normalized spacial score (nSPS) is 13.7. The Morgan fingerprint density at radius 2 is 0.855 bits per heavy atom. The molecule has 1 atom stereocenters. The number of nitrogens with zero attached hydrogens (tertiary/aromatic N) is 3. The Morgan fingerprint density at radius 1 is 0.400 bits per heavy atom. The third-order valence-corrected chi connectivity index (χ3v) is 10.5. The smallest absolute Gasteiger partial charge is 0.164 e. The molecule has 0 saturated carbocycles. The van der Waals surface area contributed by atoms with E-state index >= 15 is 0 Å². The molecule has 2 heterocycles. The number of hydrogen-bond donors (Lipinski definition) is 0. The lowest BCUT2D eigenvalue weighted by Gasteiger charge is -2.22. The molecule has 7 aromatic carbocycles. The first-order valence-corrected chi connectivity index (χ1v) is 18.7. The molecule has 0 aliphatic heterocycles. The molecule has 1 aliphatic rings. The summed E-state index contributed by atoms with van der Waals surface area (Å²) in [6.07, 6.45) is 3.17. The van der Waals surface area contributed by atoms with Crippen molar-refractivity contribution in [2.45, 2.75) is 12.3 Å². The van der Waals surface area contributed by atoms with Crippen LogP contribution < -0.4 is 0 Å². The first-order valence-electron chi connectivity index (χ1n) is 18.7. The van der Waals surface area contributed by atoms with Gasteiger partial charge >= 0.3 is 0 Å². The number of benzene rings is 7. The molecule has 260 valence electrons. The lowest BCUT2D eigenvalue weighted by atomic mass is 9.80. The van der Waals surface area contributed by atoms with Crippen LogP contribution in [0.4, 0.5) is 0 Å². The molecular weight excluding hydrogens is 671 g/mol. The van der Waals surface area contributed by atoms with E-state index in [-0.39, 0.29) is 5.92 Å². The standard InChI is InChI=1S/C51H35N3O/c1-5-14-34(15-6-1)36-24-26-38(27-25-36)42-32-44(39-30-28-37(29-31-39)35-16-7-2-8-17-35)48-45(33-42)47-43(22-13-23-46(47)55-48)51-53-49(40-18-9-3-10-19-40)52-50(54-51)41-20-11-4-12-21-41/h1-32,42H,33H2. The van der Waals surface area contributed by atoms with E-state index in [9.17, 15) is 0 Å². The monoisotopic (exact) mass is 705 g/mol. The zero-order valence-electron chi connectivity index (χ0n) is 30.0. The van der Waals surface area contributed by atoms with E-state index in [0.29, 0.717) is 17.5 Å². The van der Waals surface area contributed by atoms with E-state index in [0.717, 1.165) is 56.5 Å². The molecule has 10 rings (SSSR count). The zero-order chi connectivity index (χ0) is 36.6. The molecule has 0 amide bonds. The summed E-state index contributed by atoms with van der Waals surface area (Å²) in [4.78, 5) is 15.2. The number of fused-ring (bicyclic) bond motifs is 3. The summed E-state index contributed by atoms with van der Waals surface area (Å²) in [6.45, 7) is 0. The topological polar surface area (TPSA) is 51.8 Å². The van der Waals surface area contributed by atoms with Crippen LogP contribution in [-0.4, -0.2) is 15.0 Å². The van der Waals surface area contributed by atoms with Crippen molar-refractivity contribution in [1.29, 1.82) is 0 Å². The van der Waals surface area contributed by atoms with Gasteiger partial charge in [0.05, 0.1) is 0 Å². The van der Waals surface area contributed by atoms with Crippen LogP contribution in [0.25, 0.3) is 73.0 Å². The highest BCUT2D eigenvalue weighted by molar-refractivity contribution is 6.00. The largest absolute Gasteiger partial charge is 0.456 e. The van der Waals surface area contributed by atoms with Gasteiger partial charge in [0, 0.05) is 39.1 Å². The molecule has 0 spiro atoms. The first kappa shape index (κ1) is 32.5. The van der Waals surface area contributed by atoms with Gasteiger partial charge < -0.3 is 4.42 Å². The van der Waals surface area contributed by atoms with Crippen LogP contribution in [0.1, 0.15) is 28.4 Å². The number of aromatic nitrogens is 3. The number of hydrogen-bond acceptors (Lipinski definition) is 4. The van der Waals surface area contributed by atoms with E-state index in [1.165, 1.54) is 27.8 Å². The van der Waals surface area contributed by atoms with Gasteiger partial charge in [-0.1, -0.05) is 188 Å². The van der Waals surface area contributed by atoms with E-state index in [4.69, 9.17) is 19.4 Å². The molecular formula is C51H35N3O. The molecule has 55 heavy (non-hydrogen) atoms. The Balaban J connectivity index is 1.14. The van der Waals surface area contributed by atoms with Crippen molar-refractivity contribution in [2.24, 2.45) is 0 Å². The summed E-state index contributed by atoms with van der Waals surface area (Å²) in [5.41, 5.74) is 13.0. The van der Waals surface area contributed by atoms with Gasteiger partial charge in [-0.2, -0.15) is 0 Å². The fourth-order valence-corrected chi connectivity index (χ4v) is 7.76. The van der Waals surface area contributed by atoms with Crippen molar-refractivity contribution < 1.29 is 4.42 Å². The molecule has 2 aromatic heterocycles. The van der Waals surface area contributed by atoms with Crippen LogP contribution in [0.5, 0.6) is 0 Å². The highest BCUT2D eigenvalue weighted by Gasteiger charge is 2.30. The average molecular weight is 706 g/mol.